The number of aromatic nitrogens is 3. The Morgan fingerprint density at radius 3 is 2.85 bits per heavy atom. The van der Waals surface area contributed by atoms with E-state index in [4.69, 9.17) is 4.98 Å². The van der Waals surface area contributed by atoms with Crippen LogP contribution in [0.2, 0.25) is 0 Å². The molecule has 0 radical (unpaired) electrons. The summed E-state index contributed by atoms with van der Waals surface area (Å²) in [7, 11) is 0. The molecule has 6 heteroatoms. The van der Waals surface area contributed by atoms with Gasteiger partial charge in [-0.25, -0.2) is 15.0 Å². The van der Waals surface area contributed by atoms with E-state index in [2.05, 4.69) is 27.1 Å². The summed E-state index contributed by atoms with van der Waals surface area (Å²) in [6, 6.07) is 3.95. The molecule has 2 aromatic rings. The van der Waals surface area contributed by atoms with Crippen molar-refractivity contribution in [1.82, 2.24) is 19.9 Å². The van der Waals surface area contributed by atoms with Gasteiger partial charge in [0.2, 0.25) is 5.91 Å². The predicted octanol–water partition coefficient (Wildman–Crippen LogP) is 3.37. The third kappa shape index (κ3) is 4.89. The fraction of sp³-hybridized carbons (Fsp3) is 0.524. The summed E-state index contributed by atoms with van der Waals surface area (Å²) in [5.74, 6) is 1.57. The standard InChI is InChI=1S/C21H29N5O/c1-5-7-18-23-12-16-14-26(11-9-17(16)24-18)13-15-8-6-10-22-19(15)25-20(27)21(2,3)4/h6,8,10,12H,5,7,9,11,13-14H2,1-4H3,(H,22,25,27). The van der Waals surface area contributed by atoms with Crippen LogP contribution in [0.4, 0.5) is 5.82 Å². The number of fused-ring (bicyclic) bond motifs is 1. The minimum atomic E-state index is -0.452. The van der Waals surface area contributed by atoms with Gasteiger partial charge < -0.3 is 5.32 Å². The zero-order chi connectivity index (χ0) is 19.4. The summed E-state index contributed by atoms with van der Waals surface area (Å²) in [6.45, 7) is 10.4. The van der Waals surface area contributed by atoms with Crippen molar-refractivity contribution in [3.63, 3.8) is 0 Å². The summed E-state index contributed by atoms with van der Waals surface area (Å²) >= 11 is 0. The number of nitrogens with zero attached hydrogens (tertiary/aromatic N) is 4. The Bertz CT molecular complexity index is 812. The number of hydrogen-bond donors (Lipinski definition) is 1. The lowest BCUT2D eigenvalue weighted by Crippen LogP contribution is -2.32. The van der Waals surface area contributed by atoms with E-state index in [1.165, 1.54) is 11.3 Å². The molecule has 0 aliphatic carbocycles. The van der Waals surface area contributed by atoms with Gasteiger partial charge in [-0.1, -0.05) is 33.8 Å². The van der Waals surface area contributed by atoms with Gasteiger partial charge in [0, 0.05) is 67.1 Å². The van der Waals surface area contributed by atoms with Crippen molar-refractivity contribution >= 4 is 11.7 Å². The molecule has 1 amide bonds. The molecular weight excluding hydrogens is 338 g/mol. The highest BCUT2D eigenvalue weighted by atomic mass is 16.2. The third-order valence-electron chi connectivity index (χ3n) is 4.73. The Kier molecular flexibility index (Phi) is 5.85. The maximum absolute atomic E-state index is 12.3. The molecule has 0 saturated carbocycles. The van der Waals surface area contributed by atoms with E-state index < -0.39 is 5.41 Å². The highest BCUT2D eigenvalue weighted by Crippen LogP contribution is 2.23. The quantitative estimate of drug-likeness (QED) is 0.877. The fourth-order valence-corrected chi connectivity index (χ4v) is 3.11. The Balaban J connectivity index is 1.71. The van der Waals surface area contributed by atoms with E-state index >= 15 is 0 Å². The first-order valence-corrected chi connectivity index (χ1v) is 9.68. The Morgan fingerprint density at radius 1 is 1.30 bits per heavy atom. The maximum atomic E-state index is 12.3. The molecule has 27 heavy (non-hydrogen) atoms. The van der Waals surface area contributed by atoms with E-state index in [0.717, 1.165) is 50.3 Å². The second-order valence-corrected chi connectivity index (χ2v) is 8.18. The van der Waals surface area contributed by atoms with Crippen LogP contribution in [0, 0.1) is 5.41 Å². The monoisotopic (exact) mass is 367 g/mol. The molecule has 0 unspecified atom stereocenters. The number of anilines is 1. The van der Waals surface area contributed by atoms with Crippen molar-refractivity contribution in [2.45, 2.75) is 60.0 Å². The Morgan fingerprint density at radius 2 is 2.11 bits per heavy atom. The summed E-state index contributed by atoms with van der Waals surface area (Å²) in [5, 5.41) is 2.98. The number of aryl methyl sites for hydroxylation is 1. The molecule has 0 fully saturated rings. The first-order valence-electron chi connectivity index (χ1n) is 9.68. The number of carbonyl (C=O) groups is 1. The highest BCUT2D eigenvalue weighted by molar-refractivity contribution is 5.94. The number of rotatable bonds is 5. The average Bonchev–Trinajstić information content (AvgIpc) is 2.63. The summed E-state index contributed by atoms with van der Waals surface area (Å²) < 4.78 is 0. The highest BCUT2D eigenvalue weighted by Gasteiger charge is 2.24. The zero-order valence-electron chi connectivity index (χ0n) is 16.7. The maximum Gasteiger partial charge on any atom is 0.230 e. The van der Waals surface area contributed by atoms with Crippen molar-refractivity contribution in [1.29, 1.82) is 0 Å². The molecule has 3 heterocycles. The van der Waals surface area contributed by atoms with Crippen molar-refractivity contribution < 1.29 is 4.79 Å². The molecule has 1 aliphatic rings. The number of carbonyl (C=O) groups excluding carboxylic acids is 1. The second kappa shape index (κ2) is 8.13. The number of nitrogens with one attached hydrogen (secondary N) is 1. The van der Waals surface area contributed by atoms with Gasteiger partial charge in [0.15, 0.2) is 0 Å². The van der Waals surface area contributed by atoms with E-state index in [0.29, 0.717) is 5.82 Å². The van der Waals surface area contributed by atoms with Crippen molar-refractivity contribution in [3.05, 3.63) is 47.2 Å². The van der Waals surface area contributed by atoms with Crippen LogP contribution in [0.5, 0.6) is 0 Å². The van der Waals surface area contributed by atoms with E-state index in [1.807, 2.05) is 39.1 Å². The summed E-state index contributed by atoms with van der Waals surface area (Å²) in [5.41, 5.74) is 2.95. The molecular formula is C21H29N5O. The molecule has 2 aromatic heterocycles. The van der Waals surface area contributed by atoms with E-state index in [1.54, 1.807) is 6.20 Å². The topological polar surface area (TPSA) is 71.0 Å². The molecule has 144 valence electrons. The zero-order valence-corrected chi connectivity index (χ0v) is 16.7. The fourth-order valence-electron chi connectivity index (χ4n) is 3.11. The molecule has 6 nitrogen and oxygen atoms in total. The molecule has 1 aliphatic heterocycles. The largest absolute Gasteiger partial charge is 0.310 e. The first kappa shape index (κ1) is 19.4. The minimum absolute atomic E-state index is 0.0247. The molecule has 1 N–H and O–H groups in total. The lowest BCUT2D eigenvalue weighted by atomic mass is 9.95. The minimum Gasteiger partial charge on any atom is -0.310 e. The predicted molar refractivity (Wildman–Crippen MR) is 106 cm³/mol. The van der Waals surface area contributed by atoms with Crippen LogP contribution in [-0.2, 0) is 30.7 Å². The smallest absolute Gasteiger partial charge is 0.230 e. The van der Waals surface area contributed by atoms with Crippen LogP contribution < -0.4 is 5.32 Å². The lowest BCUT2D eigenvalue weighted by Gasteiger charge is -2.28. The van der Waals surface area contributed by atoms with Crippen LogP contribution in [0.3, 0.4) is 0 Å². The van der Waals surface area contributed by atoms with Crippen molar-refractivity contribution in [2.24, 2.45) is 5.41 Å². The number of hydrogen-bond acceptors (Lipinski definition) is 5. The van der Waals surface area contributed by atoms with E-state index in [9.17, 15) is 4.79 Å². The van der Waals surface area contributed by atoms with E-state index in [-0.39, 0.29) is 5.91 Å². The van der Waals surface area contributed by atoms with Gasteiger partial charge in [-0.15, -0.1) is 0 Å². The lowest BCUT2D eigenvalue weighted by molar-refractivity contribution is -0.123. The summed E-state index contributed by atoms with van der Waals surface area (Å²) in [6.07, 6.45) is 6.62. The van der Waals surface area contributed by atoms with Crippen LogP contribution >= 0.6 is 0 Å². The first-order chi connectivity index (χ1) is 12.9. The molecule has 3 rings (SSSR count). The van der Waals surface area contributed by atoms with Crippen LogP contribution in [-0.4, -0.2) is 32.3 Å². The second-order valence-electron chi connectivity index (χ2n) is 8.18. The third-order valence-corrected chi connectivity index (χ3v) is 4.73. The molecule has 0 aromatic carbocycles. The normalized spacial score (nSPS) is 14.7. The SMILES string of the molecule is CCCc1ncc2c(n1)CCN(Cc1cccnc1NC(=O)C(C)(C)C)C2. The molecule has 0 saturated heterocycles. The van der Waals surface area contributed by atoms with Gasteiger partial charge in [0.05, 0.1) is 0 Å². The van der Waals surface area contributed by atoms with Crippen LogP contribution in [0.15, 0.2) is 24.5 Å². The molecule has 0 bridgehead atoms. The van der Waals surface area contributed by atoms with Gasteiger partial charge in [-0.3, -0.25) is 9.69 Å². The number of pyridine rings is 1. The average molecular weight is 367 g/mol. The van der Waals surface area contributed by atoms with Crippen LogP contribution in [0.25, 0.3) is 0 Å². The summed E-state index contributed by atoms with van der Waals surface area (Å²) in [4.78, 5) is 28.3. The Labute approximate surface area is 161 Å². The van der Waals surface area contributed by atoms with Gasteiger partial charge in [0.1, 0.15) is 11.6 Å². The van der Waals surface area contributed by atoms with Gasteiger partial charge >= 0.3 is 0 Å². The molecule has 0 spiro atoms. The van der Waals surface area contributed by atoms with Crippen LogP contribution in [0.1, 0.15) is 56.8 Å². The van der Waals surface area contributed by atoms with Gasteiger partial charge in [-0.05, 0) is 12.5 Å². The Hall–Kier alpha value is -2.34. The van der Waals surface area contributed by atoms with Gasteiger partial charge in [-0.2, -0.15) is 0 Å². The van der Waals surface area contributed by atoms with Crippen molar-refractivity contribution in [2.75, 3.05) is 11.9 Å². The molecule has 0 atom stereocenters. The van der Waals surface area contributed by atoms with Gasteiger partial charge in [0.25, 0.3) is 0 Å². The number of amides is 1. The van der Waals surface area contributed by atoms with Crippen molar-refractivity contribution in [3.8, 4) is 0 Å².